The molecule has 0 spiro atoms. The summed E-state index contributed by atoms with van der Waals surface area (Å²) >= 11 is 0. The first-order valence-corrected chi connectivity index (χ1v) is 5.74. The normalized spacial score (nSPS) is 9.95. The molecule has 2 rings (SSSR count). The van der Waals surface area contributed by atoms with Crippen molar-refractivity contribution < 1.29 is 14.2 Å². The maximum absolute atomic E-state index is 13.0. The lowest BCUT2D eigenvalue weighted by atomic mass is 10.1. The molecular formula is C15H12FNO2. The quantitative estimate of drug-likeness (QED) is 0.916. The van der Waals surface area contributed by atoms with Gasteiger partial charge in [-0.3, -0.25) is 0 Å². The summed E-state index contributed by atoms with van der Waals surface area (Å²) in [6.07, 6.45) is 0. The van der Waals surface area contributed by atoms with Crippen LogP contribution in [0.1, 0.15) is 16.7 Å². The number of hydrogen-bond donors (Lipinski definition) is 1. The van der Waals surface area contributed by atoms with Crippen LogP contribution < -0.4 is 4.74 Å². The Kier molecular flexibility index (Phi) is 4.11. The monoisotopic (exact) mass is 257 g/mol. The highest BCUT2D eigenvalue weighted by molar-refractivity contribution is 5.38. The molecule has 4 heteroatoms. The van der Waals surface area contributed by atoms with E-state index in [0.29, 0.717) is 16.9 Å². The van der Waals surface area contributed by atoms with Crippen LogP contribution in [0, 0.1) is 17.1 Å². The predicted molar refractivity (Wildman–Crippen MR) is 67.8 cm³/mol. The predicted octanol–water partition coefficient (Wildman–Crippen LogP) is 2.77. The summed E-state index contributed by atoms with van der Waals surface area (Å²) < 4.78 is 18.6. The molecule has 0 aliphatic heterocycles. The lowest BCUT2D eigenvalue weighted by molar-refractivity contribution is 0.259. The Morgan fingerprint density at radius 3 is 2.68 bits per heavy atom. The Balaban J connectivity index is 2.17. The van der Waals surface area contributed by atoms with Gasteiger partial charge in [0.05, 0.1) is 18.2 Å². The second kappa shape index (κ2) is 5.98. The second-order valence-electron chi connectivity index (χ2n) is 3.97. The molecule has 0 bridgehead atoms. The van der Waals surface area contributed by atoms with E-state index in [-0.39, 0.29) is 18.8 Å². The average Bonchev–Trinajstić information content (AvgIpc) is 2.46. The molecule has 0 heterocycles. The minimum Gasteiger partial charge on any atom is -0.488 e. The third-order valence-corrected chi connectivity index (χ3v) is 2.72. The Bertz CT molecular complexity index is 620. The zero-order chi connectivity index (χ0) is 13.7. The van der Waals surface area contributed by atoms with Crippen LogP contribution in [-0.4, -0.2) is 5.11 Å². The summed E-state index contributed by atoms with van der Waals surface area (Å²) in [4.78, 5) is 0. The van der Waals surface area contributed by atoms with Gasteiger partial charge in [0.15, 0.2) is 0 Å². The fraction of sp³-hybridized carbons (Fsp3) is 0.133. The highest BCUT2D eigenvalue weighted by Gasteiger charge is 2.06. The SMILES string of the molecule is N#Cc1cc(F)ccc1COc1ccccc1CO. The molecule has 0 radical (unpaired) electrons. The van der Waals surface area contributed by atoms with Crippen LogP contribution in [0.5, 0.6) is 5.75 Å². The van der Waals surface area contributed by atoms with Gasteiger partial charge in [0.1, 0.15) is 18.2 Å². The van der Waals surface area contributed by atoms with E-state index in [1.54, 1.807) is 24.3 Å². The maximum atomic E-state index is 13.0. The number of rotatable bonds is 4. The fourth-order valence-corrected chi connectivity index (χ4v) is 1.71. The number of nitriles is 1. The summed E-state index contributed by atoms with van der Waals surface area (Å²) in [6.45, 7) is 0.0326. The van der Waals surface area contributed by atoms with Crippen LogP contribution in [0.2, 0.25) is 0 Å². The van der Waals surface area contributed by atoms with E-state index < -0.39 is 5.82 Å². The molecule has 0 fully saturated rings. The lowest BCUT2D eigenvalue weighted by Crippen LogP contribution is -2.01. The number of aliphatic hydroxyl groups is 1. The molecule has 0 saturated heterocycles. The molecule has 1 N–H and O–H groups in total. The number of nitrogens with zero attached hydrogens (tertiary/aromatic N) is 1. The van der Waals surface area contributed by atoms with Crippen LogP contribution >= 0.6 is 0 Å². The number of para-hydroxylation sites is 1. The molecule has 3 nitrogen and oxygen atoms in total. The van der Waals surface area contributed by atoms with Crippen LogP contribution in [-0.2, 0) is 13.2 Å². The van der Waals surface area contributed by atoms with Crippen molar-refractivity contribution in [2.75, 3.05) is 0 Å². The van der Waals surface area contributed by atoms with Crippen molar-refractivity contribution in [2.24, 2.45) is 0 Å². The Hall–Kier alpha value is -2.38. The largest absolute Gasteiger partial charge is 0.488 e. The average molecular weight is 257 g/mol. The lowest BCUT2D eigenvalue weighted by Gasteiger charge is -2.10. The first-order valence-electron chi connectivity index (χ1n) is 5.74. The molecule has 0 aromatic heterocycles. The zero-order valence-electron chi connectivity index (χ0n) is 10.1. The number of aliphatic hydroxyl groups excluding tert-OH is 1. The summed E-state index contributed by atoms with van der Waals surface area (Å²) in [7, 11) is 0. The number of ether oxygens (including phenoxy) is 1. The van der Waals surface area contributed by atoms with Gasteiger partial charge >= 0.3 is 0 Å². The van der Waals surface area contributed by atoms with Crippen LogP contribution in [0.15, 0.2) is 42.5 Å². The van der Waals surface area contributed by atoms with Crippen molar-refractivity contribution in [3.8, 4) is 11.8 Å². The standard InChI is InChI=1S/C15H12FNO2/c16-14-6-5-12(13(7-14)8-17)10-19-15-4-2-1-3-11(15)9-18/h1-7,18H,9-10H2. The first-order chi connectivity index (χ1) is 9.24. The van der Waals surface area contributed by atoms with Gasteiger partial charge in [0.25, 0.3) is 0 Å². The molecule has 0 aliphatic rings. The Morgan fingerprint density at radius 1 is 1.16 bits per heavy atom. The van der Waals surface area contributed by atoms with E-state index in [1.807, 2.05) is 6.07 Å². The van der Waals surface area contributed by atoms with Gasteiger partial charge in [-0.25, -0.2) is 4.39 Å². The first kappa shape index (κ1) is 13.1. The van der Waals surface area contributed by atoms with E-state index in [9.17, 15) is 9.50 Å². The molecule has 0 amide bonds. The van der Waals surface area contributed by atoms with Gasteiger partial charge < -0.3 is 9.84 Å². The van der Waals surface area contributed by atoms with E-state index in [4.69, 9.17) is 10.00 Å². The van der Waals surface area contributed by atoms with Gasteiger partial charge in [-0.1, -0.05) is 24.3 Å². The van der Waals surface area contributed by atoms with E-state index in [2.05, 4.69) is 0 Å². The van der Waals surface area contributed by atoms with Gasteiger partial charge in [-0.05, 0) is 18.2 Å². The molecule has 0 atom stereocenters. The van der Waals surface area contributed by atoms with Gasteiger partial charge in [0.2, 0.25) is 0 Å². The van der Waals surface area contributed by atoms with Crippen molar-refractivity contribution in [2.45, 2.75) is 13.2 Å². The summed E-state index contributed by atoms with van der Waals surface area (Å²) in [5, 5.41) is 18.1. The topological polar surface area (TPSA) is 53.2 Å². The van der Waals surface area contributed by atoms with E-state index in [0.717, 1.165) is 0 Å². The van der Waals surface area contributed by atoms with E-state index >= 15 is 0 Å². The number of halogens is 1. The molecule has 2 aromatic carbocycles. The smallest absolute Gasteiger partial charge is 0.125 e. The summed E-state index contributed by atoms with van der Waals surface area (Å²) in [6, 6.07) is 13.0. The van der Waals surface area contributed by atoms with Crippen molar-refractivity contribution in [1.29, 1.82) is 5.26 Å². The van der Waals surface area contributed by atoms with Crippen molar-refractivity contribution in [3.63, 3.8) is 0 Å². The molecule has 19 heavy (non-hydrogen) atoms. The maximum Gasteiger partial charge on any atom is 0.125 e. The minimum absolute atomic E-state index is 0.120. The molecular weight excluding hydrogens is 245 g/mol. The molecule has 0 unspecified atom stereocenters. The third-order valence-electron chi connectivity index (χ3n) is 2.72. The Morgan fingerprint density at radius 2 is 1.95 bits per heavy atom. The van der Waals surface area contributed by atoms with Gasteiger partial charge in [0, 0.05) is 11.1 Å². The van der Waals surface area contributed by atoms with Crippen LogP contribution in [0.4, 0.5) is 4.39 Å². The Labute approximate surface area is 110 Å². The van der Waals surface area contributed by atoms with Crippen LogP contribution in [0.3, 0.4) is 0 Å². The molecule has 2 aromatic rings. The molecule has 0 aliphatic carbocycles. The van der Waals surface area contributed by atoms with Gasteiger partial charge in [-0.15, -0.1) is 0 Å². The summed E-state index contributed by atoms with van der Waals surface area (Å²) in [5.74, 6) is 0.106. The highest BCUT2D eigenvalue weighted by Crippen LogP contribution is 2.20. The minimum atomic E-state index is -0.448. The molecule has 0 saturated carbocycles. The van der Waals surface area contributed by atoms with E-state index in [1.165, 1.54) is 18.2 Å². The number of hydrogen-bond acceptors (Lipinski definition) is 3. The zero-order valence-corrected chi connectivity index (χ0v) is 10.1. The van der Waals surface area contributed by atoms with Crippen molar-refractivity contribution in [1.82, 2.24) is 0 Å². The third kappa shape index (κ3) is 3.09. The number of benzene rings is 2. The fourth-order valence-electron chi connectivity index (χ4n) is 1.71. The van der Waals surface area contributed by atoms with Crippen molar-refractivity contribution in [3.05, 3.63) is 65.0 Å². The summed E-state index contributed by atoms with van der Waals surface area (Å²) in [5.41, 5.74) is 1.53. The van der Waals surface area contributed by atoms with Gasteiger partial charge in [-0.2, -0.15) is 5.26 Å². The molecule has 96 valence electrons. The highest BCUT2D eigenvalue weighted by atomic mass is 19.1. The van der Waals surface area contributed by atoms with Crippen molar-refractivity contribution >= 4 is 0 Å². The van der Waals surface area contributed by atoms with Crippen LogP contribution in [0.25, 0.3) is 0 Å². The second-order valence-corrected chi connectivity index (χ2v) is 3.97.